The molecule has 0 amide bonds. The van der Waals surface area contributed by atoms with Crippen LogP contribution in [0.25, 0.3) is 0 Å². The number of rotatable bonds is 4. The standard InChI is InChI=1S/C10H15NOS/c1-8(6-11(2)3)10(12)9-4-5-13-7-9/h4-5,7-8H,6H2,1-3H3/p+1/t8-/m1/s1. The van der Waals surface area contributed by atoms with E-state index in [2.05, 4.69) is 14.1 Å². The summed E-state index contributed by atoms with van der Waals surface area (Å²) in [5.41, 5.74) is 0.860. The fourth-order valence-electron chi connectivity index (χ4n) is 1.39. The van der Waals surface area contributed by atoms with Crippen molar-refractivity contribution in [2.24, 2.45) is 5.92 Å². The van der Waals surface area contributed by atoms with Crippen molar-refractivity contribution >= 4 is 17.1 Å². The molecule has 1 heterocycles. The second kappa shape index (κ2) is 4.53. The van der Waals surface area contributed by atoms with Gasteiger partial charge in [-0.2, -0.15) is 11.3 Å². The van der Waals surface area contributed by atoms with Crippen molar-refractivity contribution in [1.29, 1.82) is 0 Å². The lowest BCUT2D eigenvalue weighted by atomic mass is 10.0. The lowest BCUT2D eigenvalue weighted by Gasteiger charge is -2.12. The highest BCUT2D eigenvalue weighted by atomic mass is 32.1. The third kappa shape index (κ3) is 2.94. The minimum atomic E-state index is 0.125. The predicted octanol–water partition coefficient (Wildman–Crippen LogP) is 0.711. The Labute approximate surface area is 83.2 Å². The van der Waals surface area contributed by atoms with E-state index >= 15 is 0 Å². The molecule has 1 aromatic rings. The van der Waals surface area contributed by atoms with E-state index in [9.17, 15) is 4.79 Å². The molecule has 0 spiro atoms. The van der Waals surface area contributed by atoms with Crippen LogP contribution < -0.4 is 4.90 Å². The SMILES string of the molecule is C[C@H](C[NH+](C)C)C(=O)c1ccsc1. The van der Waals surface area contributed by atoms with E-state index in [-0.39, 0.29) is 11.7 Å². The minimum absolute atomic E-state index is 0.125. The van der Waals surface area contributed by atoms with E-state index in [1.165, 1.54) is 4.90 Å². The highest BCUT2D eigenvalue weighted by Crippen LogP contribution is 2.11. The van der Waals surface area contributed by atoms with Gasteiger partial charge in [-0.25, -0.2) is 0 Å². The summed E-state index contributed by atoms with van der Waals surface area (Å²) in [6.07, 6.45) is 0. The monoisotopic (exact) mass is 198 g/mol. The Morgan fingerprint density at radius 2 is 2.31 bits per heavy atom. The normalized spacial score (nSPS) is 13.2. The summed E-state index contributed by atoms with van der Waals surface area (Å²) >= 11 is 1.58. The molecule has 1 N–H and O–H groups in total. The first-order chi connectivity index (χ1) is 6.11. The number of hydrogen-bond donors (Lipinski definition) is 1. The number of quaternary nitrogens is 1. The van der Waals surface area contributed by atoms with Crippen molar-refractivity contribution in [2.75, 3.05) is 20.6 Å². The summed E-state index contributed by atoms with van der Waals surface area (Å²) < 4.78 is 0. The van der Waals surface area contributed by atoms with Gasteiger partial charge in [0.1, 0.15) is 0 Å². The summed E-state index contributed by atoms with van der Waals surface area (Å²) in [4.78, 5) is 13.1. The number of hydrogen-bond acceptors (Lipinski definition) is 2. The average molecular weight is 198 g/mol. The molecule has 0 aliphatic rings. The second-order valence-electron chi connectivity index (χ2n) is 3.69. The molecule has 0 aliphatic heterocycles. The highest BCUT2D eigenvalue weighted by Gasteiger charge is 2.17. The van der Waals surface area contributed by atoms with E-state index in [1.807, 2.05) is 23.8 Å². The molecule has 3 heteroatoms. The molecule has 0 aliphatic carbocycles. The Morgan fingerprint density at radius 3 is 2.77 bits per heavy atom. The summed E-state index contributed by atoms with van der Waals surface area (Å²) in [6, 6.07) is 1.90. The Morgan fingerprint density at radius 1 is 1.62 bits per heavy atom. The van der Waals surface area contributed by atoms with E-state index in [1.54, 1.807) is 11.3 Å². The van der Waals surface area contributed by atoms with Gasteiger partial charge < -0.3 is 4.90 Å². The van der Waals surface area contributed by atoms with Crippen LogP contribution in [0.1, 0.15) is 17.3 Å². The molecule has 2 nitrogen and oxygen atoms in total. The van der Waals surface area contributed by atoms with Crippen LogP contribution in [0.5, 0.6) is 0 Å². The summed E-state index contributed by atoms with van der Waals surface area (Å²) in [7, 11) is 4.13. The van der Waals surface area contributed by atoms with Gasteiger partial charge in [0.25, 0.3) is 0 Å². The second-order valence-corrected chi connectivity index (χ2v) is 4.47. The van der Waals surface area contributed by atoms with Gasteiger partial charge in [0.05, 0.1) is 26.6 Å². The molecule has 0 unspecified atom stereocenters. The molecule has 72 valence electrons. The van der Waals surface area contributed by atoms with Gasteiger partial charge in [0, 0.05) is 10.9 Å². The van der Waals surface area contributed by atoms with E-state index in [4.69, 9.17) is 0 Å². The Balaban J connectivity index is 2.58. The molecule has 0 aromatic carbocycles. The van der Waals surface area contributed by atoms with Crippen molar-refractivity contribution in [3.8, 4) is 0 Å². The van der Waals surface area contributed by atoms with E-state index in [0.29, 0.717) is 0 Å². The van der Waals surface area contributed by atoms with Crippen LogP contribution >= 0.6 is 11.3 Å². The third-order valence-corrected chi connectivity index (χ3v) is 2.65. The first kappa shape index (κ1) is 10.4. The Kier molecular flexibility index (Phi) is 3.63. The van der Waals surface area contributed by atoms with Gasteiger partial charge in [-0.05, 0) is 18.4 Å². The molecule has 0 saturated carbocycles. The van der Waals surface area contributed by atoms with Crippen molar-refractivity contribution in [2.45, 2.75) is 6.92 Å². The Hall–Kier alpha value is -0.670. The number of carbonyl (C=O) groups excluding carboxylic acids is 1. The lowest BCUT2D eigenvalue weighted by Crippen LogP contribution is -3.06. The molecule has 1 rings (SSSR count). The van der Waals surface area contributed by atoms with Crippen LogP contribution in [0.3, 0.4) is 0 Å². The van der Waals surface area contributed by atoms with Crippen molar-refractivity contribution < 1.29 is 9.69 Å². The van der Waals surface area contributed by atoms with Gasteiger partial charge in [-0.3, -0.25) is 4.79 Å². The van der Waals surface area contributed by atoms with Crippen LogP contribution in [0.15, 0.2) is 16.8 Å². The molecule has 1 aromatic heterocycles. The van der Waals surface area contributed by atoms with E-state index in [0.717, 1.165) is 12.1 Å². The molecule has 13 heavy (non-hydrogen) atoms. The zero-order chi connectivity index (χ0) is 9.84. The topological polar surface area (TPSA) is 21.5 Å². The zero-order valence-corrected chi connectivity index (χ0v) is 9.15. The van der Waals surface area contributed by atoms with Crippen LogP contribution in [0.2, 0.25) is 0 Å². The van der Waals surface area contributed by atoms with Gasteiger partial charge in [0.15, 0.2) is 5.78 Å². The fourth-order valence-corrected chi connectivity index (χ4v) is 2.04. The van der Waals surface area contributed by atoms with Crippen LogP contribution in [-0.2, 0) is 0 Å². The maximum absolute atomic E-state index is 11.7. The highest BCUT2D eigenvalue weighted by molar-refractivity contribution is 7.08. The fraction of sp³-hybridized carbons (Fsp3) is 0.500. The van der Waals surface area contributed by atoms with Gasteiger partial charge >= 0.3 is 0 Å². The molecule has 0 fully saturated rings. The number of thiophene rings is 1. The largest absolute Gasteiger partial charge is 0.339 e. The molecule has 0 saturated heterocycles. The first-order valence-electron chi connectivity index (χ1n) is 4.46. The average Bonchev–Trinajstić information content (AvgIpc) is 2.53. The zero-order valence-electron chi connectivity index (χ0n) is 8.33. The summed E-state index contributed by atoms with van der Waals surface area (Å²) in [5.74, 6) is 0.391. The molecule has 1 atom stereocenters. The van der Waals surface area contributed by atoms with E-state index < -0.39 is 0 Å². The summed E-state index contributed by atoms with van der Waals surface area (Å²) in [5, 5.41) is 3.87. The lowest BCUT2D eigenvalue weighted by molar-refractivity contribution is -0.860. The van der Waals surface area contributed by atoms with Gasteiger partial charge in [-0.1, -0.05) is 0 Å². The minimum Gasteiger partial charge on any atom is -0.339 e. The maximum atomic E-state index is 11.7. The van der Waals surface area contributed by atoms with Crippen molar-refractivity contribution in [3.05, 3.63) is 22.4 Å². The number of Topliss-reactive ketones (excluding diaryl/α,β-unsaturated/α-hetero) is 1. The van der Waals surface area contributed by atoms with Crippen LogP contribution in [0, 0.1) is 5.92 Å². The number of carbonyl (C=O) groups is 1. The first-order valence-corrected chi connectivity index (χ1v) is 5.41. The van der Waals surface area contributed by atoms with Crippen LogP contribution in [0.4, 0.5) is 0 Å². The molecular weight excluding hydrogens is 182 g/mol. The third-order valence-electron chi connectivity index (χ3n) is 1.97. The van der Waals surface area contributed by atoms with Crippen LogP contribution in [-0.4, -0.2) is 26.4 Å². The van der Waals surface area contributed by atoms with Gasteiger partial charge in [-0.15, -0.1) is 0 Å². The maximum Gasteiger partial charge on any atom is 0.172 e. The Bertz CT molecular complexity index is 266. The summed E-state index contributed by atoms with van der Waals surface area (Å²) in [6.45, 7) is 2.89. The van der Waals surface area contributed by atoms with Crippen molar-refractivity contribution in [3.63, 3.8) is 0 Å². The predicted molar refractivity (Wildman–Crippen MR) is 55.5 cm³/mol. The molecular formula is C10H16NOS+. The molecule has 0 bridgehead atoms. The quantitative estimate of drug-likeness (QED) is 0.707. The number of ketones is 1. The smallest absolute Gasteiger partial charge is 0.172 e. The van der Waals surface area contributed by atoms with Gasteiger partial charge in [0.2, 0.25) is 0 Å². The van der Waals surface area contributed by atoms with Crippen molar-refractivity contribution in [1.82, 2.24) is 0 Å². The number of nitrogens with one attached hydrogen (secondary N) is 1. The molecule has 0 radical (unpaired) electrons.